The van der Waals surface area contributed by atoms with Crippen LogP contribution in [0.5, 0.6) is 5.75 Å². The van der Waals surface area contributed by atoms with Crippen molar-refractivity contribution in [3.63, 3.8) is 0 Å². The van der Waals surface area contributed by atoms with Gasteiger partial charge in [0.05, 0.1) is 22.1 Å². The minimum absolute atomic E-state index is 0.0851. The van der Waals surface area contributed by atoms with Crippen LogP contribution in [0.25, 0.3) is 21.7 Å². The molecule has 4 aromatic rings. The van der Waals surface area contributed by atoms with Crippen LogP contribution in [0.3, 0.4) is 0 Å². The third-order valence-corrected chi connectivity index (χ3v) is 10.2. The van der Waals surface area contributed by atoms with Crippen LogP contribution in [0, 0.1) is 17.0 Å². The minimum atomic E-state index is -0.977. The van der Waals surface area contributed by atoms with E-state index >= 15 is 4.39 Å². The first-order valence-electron chi connectivity index (χ1n) is 13.4. The summed E-state index contributed by atoms with van der Waals surface area (Å²) >= 11 is 1.36. The molecule has 2 aromatic heterocycles. The van der Waals surface area contributed by atoms with Crippen LogP contribution >= 0.6 is 11.3 Å². The Morgan fingerprint density at radius 1 is 1.02 bits per heavy atom. The number of carbonyl (C=O) groups is 1. The maximum absolute atomic E-state index is 15.8. The number of pyridine rings is 1. The lowest BCUT2D eigenvalue weighted by Gasteiger charge is -2.58. The highest BCUT2D eigenvalue weighted by Crippen LogP contribution is 2.55. The number of halogens is 2. The highest BCUT2D eigenvalue weighted by Gasteiger charge is 2.52. The topological polar surface area (TPSA) is 78.7 Å². The Hall–Kier alpha value is -4.05. The van der Waals surface area contributed by atoms with Crippen molar-refractivity contribution < 1.29 is 18.7 Å². The van der Waals surface area contributed by atoms with Gasteiger partial charge in [-0.3, -0.25) is 19.3 Å². The molecular weight excluding hydrogens is 534 g/mol. The zero-order valence-electron chi connectivity index (χ0n) is 21.3. The molecule has 2 unspecified atom stereocenters. The fourth-order valence-corrected chi connectivity index (χ4v) is 8.08. The van der Waals surface area contributed by atoms with Crippen molar-refractivity contribution in [2.24, 2.45) is 5.41 Å². The van der Waals surface area contributed by atoms with Crippen LogP contribution in [-0.2, 0) is 0 Å². The van der Waals surface area contributed by atoms with Gasteiger partial charge in [0.15, 0.2) is 23.1 Å². The third kappa shape index (κ3) is 3.05. The van der Waals surface area contributed by atoms with E-state index in [1.54, 1.807) is 21.2 Å². The van der Waals surface area contributed by atoms with E-state index in [1.165, 1.54) is 23.6 Å². The highest BCUT2D eigenvalue weighted by molar-refractivity contribution is 7.13. The number of aromatic hydroxyl groups is 1. The van der Waals surface area contributed by atoms with E-state index in [4.69, 9.17) is 0 Å². The molecular formula is C30H24F2N4O3S. The number of thiazole rings is 1. The van der Waals surface area contributed by atoms with Gasteiger partial charge in [-0.25, -0.2) is 13.8 Å². The molecule has 2 aromatic carbocycles. The Kier molecular flexibility index (Phi) is 4.90. The van der Waals surface area contributed by atoms with Gasteiger partial charge in [0.1, 0.15) is 6.17 Å². The summed E-state index contributed by atoms with van der Waals surface area (Å²) < 4.78 is 32.2. The van der Waals surface area contributed by atoms with E-state index in [1.807, 2.05) is 29.3 Å². The third-order valence-electron chi connectivity index (χ3n) is 9.33. The fourth-order valence-electron chi connectivity index (χ4n) is 7.24. The Labute approximate surface area is 231 Å². The standard InChI is InChI=1S/C30H24F2N4O3S/c31-19-7-6-18-22(23(19)32)24-28(40-15-33-24)17-5-2-1-4-16(17)25(18)36-21-14-30(9-3-10-30)11-13-34(21)29(39)26-27(38)20(37)8-12-35(26)36/h1-2,4-8,12,15,21,25,38H,3,9-11,13-14H2. The lowest BCUT2D eigenvalue weighted by Crippen LogP contribution is -2.66. The Morgan fingerprint density at radius 2 is 1.85 bits per heavy atom. The second-order valence-corrected chi connectivity index (χ2v) is 12.1. The van der Waals surface area contributed by atoms with Crippen LogP contribution in [-0.4, -0.2) is 38.3 Å². The molecule has 7 nitrogen and oxygen atoms in total. The molecule has 1 saturated carbocycles. The van der Waals surface area contributed by atoms with E-state index in [-0.39, 0.29) is 16.7 Å². The van der Waals surface area contributed by atoms with Crippen LogP contribution < -0.4 is 10.4 Å². The second kappa shape index (κ2) is 8.23. The van der Waals surface area contributed by atoms with Gasteiger partial charge in [-0.05, 0) is 53.9 Å². The number of rotatable bonds is 1. The Balaban J connectivity index is 1.46. The number of hydrogen-bond donors (Lipinski definition) is 1. The van der Waals surface area contributed by atoms with E-state index < -0.39 is 40.9 Å². The predicted molar refractivity (Wildman–Crippen MR) is 146 cm³/mol. The van der Waals surface area contributed by atoms with Crippen molar-refractivity contribution in [2.45, 2.75) is 44.3 Å². The summed E-state index contributed by atoms with van der Waals surface area (Å²) in [5.74, 6) is -2.97. The summed E-state index contributed by atoms with van der Waals surface area (Å²) in [6, 6.07) is 11.0. The molecule has 0 bridgehead atoms. The largest absolute Gasteiger partial charge is 0.502 e. The number of nitrogens with zero attached hydrogens (tertiary/aromatic N) is 4. The summed E-state index contributed by atoms with van der Waals surface area (Å²) in [7, 11) is 0. The normalized spacial score (nSPS) is 22.0. The van der Waals surface area contributed by atoms with Crippen molar-refractivity contribution in [1.82, 2.24) is 14.6 Å². The number of aromatic nitrogens is 2. The van der Waals surface area contributed by atoms with Crippen LogP contribution in [0.15, 0.2) is 59.0 Å². The zero-order chi connectivity index (χ0) is 27.3. The molecule has 1 saturated heterocycles. The molecule has 2 aliphatic heterocycles. The molecule has 0 radical (unpaired) electrons. The molecule has 1 N–H and O–H groups in total. The maximum atomic E-state index is 15.8. The predicted octanol–water partition coefficient (Wildman–Crippen LogP) is 5.41. The molecule has 4 aliphatic rings. The molecule has 2 fully saturated rings. The van der Waals surface area contributed by atoms with Gasteiger partial charge in [0.2, 0.25) is 5.43 Å². The van der Waals surface area contributed by atoms with Gasteiger partial charge < -0.3 is 10.0 Å². The summed E-state index contributed by atoms with van der Waals surface area (Å²) in [5.41, 5.74) is 3.60. The second-order valence-electron chi connectivity index (χ2n) is 11.2. The van der Waals surface area contributed by atoms with Crippen LogP contribution in [0.4, 0.5) is 8.78 Å². The van der Waals surface area contributed by atoms with Gasteiger partial charge >= 0.3 is 0 Å². The average molecular weight is 559 g/mol. The summed E-state index contributed by atoms with van der Waals surface area (Å²) in [4.78, 5) is 33.3. The summed E-state index contributed by atoms with van der Waals surface area (Å²) in [5, 5.41) is 12.9. The Morgan fingerprint density at radius 3 is 2.65 bits per heavy atom. The number of fused-ring (bicyclic) bond motifs is 7. The quantitative estimate of drug-likeness (QED) is 0.338. The van der Waals surface area contributed by atoms with Gasteiger partial charge in [-0.15, -0.1) is 11.3 Å². The van der Waals surface area contributed by atoms with E-state index in [2.05, 4.69) is 4.98 Å². The first kappa shape index (κ1) is 23.8. The van der Waals surface area contributed by atoms with Crippen molar-refractivity contribution in [3.8, 4) is 27.4 Å². The summed E-state index contributed by atoms with van der Waals surface area (Å²) in [6.07, 6.45) is 5.90. The smallest absolute Gasteiger partial charge is 0.278 e. The van der Waals surface area contributed by atoms with Crippen molar-refractivity contribution in [1.29, 1.82) is 0 Å². The number of piperidine rings is 1. The van der Waals surface area contributed by atoms with Gasteiger partial charge in [-0.2, -0.15) is 0 Å². The van der Waals surface area contributed by atoms with Crippen molar-refractivity contribution in [3.05, 3.63) is 92.9 Å². The molecule has 1 spiro atoms. The van der Waals surface area contributed by atoms with Crippen molar-refractivity contribution >= 4 is 17.2 Å². The number of hydrogen-bond acceptors (Lipinski definition) is 6. The molecule has 2 atom stereocenters. The summed E-state index contributed by atoms with van der Waals surface area (Å²) in [6.45, 7) is 0.483. The SMILES string of the molecule is O=C1c2c(O)c(=O)ccn2N(C2c3ccccc3-c3scnc3-c3c2ccc(F)c3F)C2CC3(CCC3)CCN12. The Bertz CT molecular complexity index is 1800. The molecule has 40 heavy (non-hydrogen) atoms. The zero-order valence-corrected chi connectivity index (χ0v) is 22.1. The van der Waals surface area contributed by atoms with E-state index in [0.717, 1.165) is 47.8 Å². The number of benzene rings is 2. The maximum Gasteiger partial charge on any atom is 0.278 e. The minimum Gasteiger partial charge on any atom is -0.502 e. The molecule has 1 amide bonds. The monoisotopic (exact) mass is 558 g/mol. The molecule has 202 valence electrons. The first-order valence-corrected chi connectivity index (χ1v) is 14.3. The fraction of sp³-hybridized carbons (Fsp3) is 0.300. The number of carbonyl (C=O) groups excluding carboxylic acids is 1. The highest BCUT2D eigenvalue weighted by atomic mass is 32.1. The van der Waals surface area contributed by atoms with Crippen LogP contribution in [0.2, 0.25) is 0 Å². The van der Waals surface area contributed by atoms with Gasteiger partial charge in [-0.1, -0.05) is 36.8 Å². The molecule has 8 rings (SSSR count). The lowest BCUT2D eigenvalue weighted by atomic mass is 9.62. The first-order chi connectivity index (χ1) is 19.4. The van der Waals surface area contributed by atoms with E-state index in [9.17, 15) is 19.1 Å². The van der Waals surface area contributed by atoms with Crippen LogP contribution in [0.1, 0.15) is 59.8 Å². The van der Waals surface area contributed by atoms with Crippen molar-refractivity contribution in [2.75, 3.05) is 11.6 Å². The molecule has 2 aliphatic carbocycles. The average Bonchev–Trinajstić information content (AvgIpc) is 3.38. The van der Waals surface area contributed by atoms with Gasteiger partial charge in [0.25, 0.3) is 5.91 Å². The molecule has 4 heterocycles. The number of amides is 1. The van der Waals surface area contributed by atoms with Gasteiger partial charge in [0, 0.05) is 24.4 Å². The molecule has 10 heteroatoms. The lowest BCUT2D eigenvalue weighted by molar-refractivity contribution is -0.0164. The van der Waals surface area contributed by atoms with E-state index in [0.29, 0.717) is 24.2 Å².